The summed E-state index contributed by atoms with van der Waals surface area (Å²) in [6.07, 6.45) is -0.413. The van der Waals surface area contributed by atoms with Gasteiger partial charge < -0.3 is 10.2 Å². The Labute approximate surface area is 99.7 Å². The van der Waals surface area contributed by atoms with Crippen molar-refractivity contribution in [2.45, 2.75) is 38.4 Å². The molecule has 1 aromatic carbocycles. The van der Waals surface area contributed by atoms with Crippen molar-refractivity contribution in [1.29, 1.82) is 0 Å². The molecule has 0 aromatic heterocycles. The Balaban J connectivity index is 2.69. The molecule has 0 aliphatic carbocycles. The smallest absolute Gasteiger partial charge is 0.145 e. The first kappa shape index (κ1) is 13.4. The van der Waals surface area contributed by atoms with Crippen LogP contribution in [0.2, 0.25) is 5.02 Å². The molecule has 0 aliphatic heterocycles. The maximum Gasteiger partial charge on any atom is 0.145 e. The highest BCUT2D eigenvalue weighted by Gasteiger charge is 2.18. The number of hydrogen-bond donors (Lipinski definition) is 2. The molecule has 2 unspecified atom stereocenters. The van der Waals surface area contributed by atoms with E-state index in [0.717, 1.165) is 6.42 Å². The van der Waals surface area contributed by atoms with Gasteiger partial charge in [0.05, 0.1) is 17.2 Å². The number of benzene rings is 1. The first-order chi connectivity index (χ1) is 7.56. The topological polar surface area (TPSA) is 40.5 Å². The third-order valence-electron chi connectivity index (χ3n) is 2.49. The van der Waals surface area contributed by atoms with E-state index >= 15 is 0 Å². The Morgan fingerprint density at radius 2 is 2.00 bits per heavy atom. The van der Waals surface area contributed by atoms with Gasteiger partial charge in [0, 0.05) is 6.42 Å². The molecule has 2 N–H and O–H groups in total. The van der Waals surface area contributed by atoms with Crippen LogP contribution in [-0.4, -0.2) is 22.4 Å². The Hall–Kier alpha value is -0.640. The zero-order chi connectivity index (χ0) is 12.1. The summed E-state index contributed by atoms with van der Waals surface area (Å²) < 4.78 is 13.5. The minimum absolute atomic E-state index is 0.0367. The van der Waals surface area contributed by atoms with Gasteiger partial charge in [0.15, 0.2) is 0 Å². The van der Waals surface area contributed by atoms with Crippen molar-refractivity contribution in [1.82, 2.24) is 0 Å². The molecule has 0 heterocycles. The largest absolute Gasteiger partial charge is 0.390 e. The van der Waals surface area contributed by atoms with Crippen molar-refractivity contribution in [3.63, 3.8) is 0 Å². The highest BCUT2D eigenvalue weighted by Crippen LogP contribution is 2.20. The van der Waals surface area contributed by atoms with Crippen LogP contribution in [0.25, 0.3) is 0 Å². The second-order valence-corrected chi connectivity index (χ2v) is 4.25. The van der Waals surface area contributed by atoms with E-state index in [1.807, 2.05) is 6.92 Å². The van der Waals surface area contributed by atoms with E-state index in [2.05, 4.69) is 0 Å². The van der Waals surface area contributed by atoms with E-state index < -0.39 is 18.0 Å². The van der Waals surface area contributed by atoms with Crippen LogP contribution in [0.3, 0.4) is 0 Å². The summed E-state index contributed by atoms with van der Waals surface area (Å²) in [5, 5.41) is 19.2. The third kappa shape index (κ3) is 3.44. The average Bonchev–Trinajstić information content (AvgIpc) is 2.25. The molecule has 4 heteroatoms. The monoisotopic (exact) mass is 246 g/mol. The van der Waals surface area contributed by atoms with Crippen molar-refractivity contribution in [2.24, 2.45) is 0 Å². The summed E-state index contributed by atoms with van der Waals surface area (Å²) in [7, 11) is 0. The zero-order valence-corrected chi connectivity index (χ0v) is 9.91. The van der Waals surface area contributed by atoms with Crippen LogP contribution in [0.4, 0.5) is 4.39 Å². The van der Waals surface area contributed by atoms with Gasteiger partial charge in [-0.1, -0.05) is 37.1 Å². The summed E-state index contributed by atoms with van der Waals surface area (Å²) in [6, 6.07) is 4.64. The van der Waals surface area contributed by atoms with Crippen LogP contribution in [0.5, 0.6) is 0 Å². The van der Waals surface area contributed by atoms with Crippen LogP contribution >= 0.6 is 11.6 Å². The number of aliphatic hydroxyl groups is 2. The molecule has 0 radical (unpaired) electrons. The fourth-order valence-corrected chi connectivity index (χ4v) is 1.75. The van der Waals surface area contributed by atoms with Gasteiger partial charge in [0.2, 0.25) is 0 Å². The van der Waals surface area contributed by atoms with E-state index in [-0.39, 0.29) is 11.4 Å². The van der Waals surface area contributed by atoms with Crippen molar-refractivity contribution >= 4 is 11.6 Å². The predicted molar refractivity (Wildman–Crippen MR) is 62.0 cm³/mol. The van der Waals surface area contributed by atoms with Gasteiger partial charge >= 0.3 is 0 Å². The SMILES string of the molecule is CCCC(O)C(O)Cc1cccc(Cl)c1F. The first-order valence-electron chi connectivity index (χ1n) is 5.35. The van der Waals surface area contributed by atoms with Gasteiger partial charge in [-0.15, -0.1) is 0 Å². The predicted octanol–water partition coefficient (Wildman–Crippen LogP) is 2.54. The first-order valence-corrected chi connectivity index (χ1v) is 5.73. The number of rotatable bonds is 5. The number of hydrogen-bond acceptors (Lipinski definition) is 2. The maximum atomic E-state index is 13.5. The molecule has 0 saturated carbocycles. The Bertz CT molecular complexity index is 344. The quantitative estimate of drug-likeness (QED) is 0.838. The van der Waals surface area contributed by atoms with Gasteiger partial charge in [-0.05, 0) is 18.1 Å². The molecule has 16 heavy (non-hydrogen) atoms. The summed E-state index contributed by atoms with van der Waals surface area (Å²) in [6.45, 7) is 1.91. The normalized spacial score (nSPS) is 14.8. The van der Waals surface area contributed by atoms with Crippen LogP contribution in [0.15, 0.2) is 18.2 Å². The Kier molecular flexibility index (Phi) is 5.19. The third-order valence-corrected chi connectivity index (χ3v) is 2.78. The molecule has 0 bridgehead atoms. The van der Waals surface area contributed by atoms with Gasteiger partial charge in [0.25, 0.3) is 0 Å². The highest BCUT2D eigenvalue weighted by atomic mass is 35.5. The van der Waals surface area contributed by atoms with Crippen LogP contribution in [-0.2, 0) is 6.42 Å². The Morgan fingerprint density at radius 1 is 1.31 bits per heavy atom. The van der Waals surface area contributed by atoms with Crippen molar-refractivity contribution in [3.05, 3.63) is 34.6 Å². The van der Waals surface area contributed by atoms with Crippen LogP contribution < -0.4 is 0 Å². The van der Waals surface area contributed by atoms with Crippen molar-refractivity contribution in [2.75, 3.05) is 0 Å². The fraction of sp³-hybridized carbons (Fsp3) is 0.500. The molecule has 2 atom stereocenters. The maximum absolute atomic E-state index is 13.5. The highest BCUT2D eigenvalue weighted by molar-refractivity contribution is 6.30. The van der Waals surface area contributed by atoms with E-state index in [4.69, 9.17) is 11.6 Å². The van der Waals surface area contributed by atoms with Gasteiger partial charge in [-0.3, -0.25) is 0 Å². The average molecular weight is 247 g/mol. The van der Waals surface area contributed by atoms with E-state index in [1.54, 1.807) is 12.1 Å². The molecular weight excluding hydrogens is 231 g/mol. The lowest BCUT2D eigenvalue weighted by Gasteiger charge is -2.17. The molecule has 0 saturated heterocycles. The minimum atomic E-state index is -0.951. The molecule has 1 rings (SSSR count). The number of halogens is 2. The van der Waals surface area contributed by atoms with Crippen LogP contribution in [0.1, 0.15) is 25.3 Å². The standard InChI is InChI=1S/C12H16ClFO2/c1-2-4-10(15)11(16)7-8-5-3-6-9(13)12(8)14/h3,5-6,10-11,15-16H,2,4,7H2,1H3. The lowest BCUT2D eigenvalue weighted by atomic mass is 10.0. The van der Waals surface area contributed by atoms with E-state index in [1.165, 1.54) is 6.07 Å². The van der Waals surface area contributed by atoms with E-state index in [9.17, 15) is 14.6 Å². The second kappa shape index (κ2) is 6.18. The molecular formula is C12H16ClFO2. The van der Waals surface area contributed by atoms with Crippen LogP contribution in [0, 0.1) is 5.82 Å². The lowest BCUT2D eigenvalue weighted by molar-refractivity contribution is 0.0144. The van der Waals surface area contributed by atoms with Gasteiger partial charge in [-0.2, -0.15) is 0 Å². The molecule has 1 aromatic rings. The summed E-state index contributed by atoms with van der Waals surface area (Å²) >= 11 is 5.62. The molecule has 0 spiro atoms. The van der Waals surface area contributed by atoms with Gasteiger partial charge in [0.1, 0.15) is 5.82 Å². The molecule has 0 fully saturated rings. The molecule has 0 aliphatic rings. The zero-order valence-electron chi connectivity index (χ0n) is 9.16. The van der Waals surface area contributed by atoms with Crippen molar-refractivity contribution in [3.8, 4) is 0 Å². The Morgan fingerprint density at radius 3 is 2.62 bits per heavy atom. The fourth-order valence-electron chi connectivity index (χ4n) is 1.56. The molecule has 0 amide bonds. The summed E-state index contributed by atoms with van der Waals surface area (Å²) in [4.78, 5) is 0. The van der Waals surface area contributed by atoms with E-state index in [0.29, 0.717) is 12.0 Å². The summed E-state index contributed by atoms with van der Waals surface area (Å²) in [5.41, 5.74) is 0.329. The lowest BCUT2D eigenvalue weighted by Crippen LogP contribution is -2.28. The molecule has 90 valence electrons. The van der Waals surface area contributed by atoms with Gasteiger partial charge in [-0.25, -0.2) is 4.39 Å². The van der Waals surface area contributed by atoms with Crippen molar-refractivity contribution < 1.29 is 14.6 Å². The summed E-state index contributed by atoms with van der Waals surface area (Å²) in [5.74, 6) is -0.521. The number of aliphatic hydroxyl groups excluding tert-OH is 2. The second-order valence-electron chi connectivity index (χ2n) is 3.84. The minimum Gasteiger partial charge on any atom is -0.390 e. The molecule has 2 nitrogen and oxygen atoms in total.